The molecule has 1 aliphatic heterocycles. The first kappa shape index (κ1) is 19.7. The van der Waals surface area contributed by atoms with Gasteiger partial charge in [-0.15, -0.1) is 0 Å². The topological polar surface area (TPSA) is 111 Å². The van der Waals surface area contributed by atoms with Gasteiger partial charge in [0, 0.05) is 19.6 Å². The Balaban J connectivity index is 2.18. The van der Waals surface area contributed by atoms with Crippen LogP contribution >= 0.6 is 0 Å². The quantitative estimate of drug-likeness (QED) is 0.514. The van der Waals surface area contributed by atoms with Gasteiger partial charge in [0.1, 0.15) is 12.1 Å². The molecule has 2 aliphatic rings. The Kier molecular flexibility index (Phi) is 7.19. The first-order valence-electron chi connectivity index (χ1n) is 9.17. The second-order valence-corrected chi connectivity index (χ2v) is 6.98. The van der Waals surface area contributed by atoms with Crippen LogP contribution < -0.4 is 16.0 Å². The highest BCUT2D eigenvalue weighted by molar-refractivity contribution is 5.92. The van der Waals surface area contributed by atoms with Crippen LogP contribution in [0.15, 0.2) is 0 Å². The molecule has 0 radical (unpaired) electrons. The van der Waals surface area contributed by atoms with Crippen molar-refractivity contribution in [2.45, 2.75) is 57.2 Å². The third-order valence-electron chi connectivity index (χ3n) is 5.32. The molecule has 1 heterocycles. The number of rotatable bonds is 6. The van der Waals surface area contributed by atoms with Gasteiger partial charge in [0.2, 0.25) is 11.8 Å². The molecule has 25 heavy (non-hydrogen) atoms. The molecule has 0 bridgehead atoms. The van der Waals surface area contributed by atoms with E-state index < -0.39 is 24.1 Å². The molecule has 3 atom stereocenters. The van der Waals surface area contributed by atoms with Crippen molar-refractivity contribution in [3.63, 3.8) is 0 Å². The van der Waals surface area contributed by atoms with E-state index in [0.29, 0.717) is 13.1 Å². The van der Waals surface area contributed by atoms with Crippen molar-refractivity contribution >= 4 is 17.8 Å². The molecular weight excluding hydrogens is 324 g/mol. The van der Waals surface area contributed by atoms with Crippen LogP contribution in [0.25, 0.3) is 0 Å². The van der Waals surface area contributed by atoms with Crippen molar-refractivity contribution in [2.75, 3.05) is 26.7 Å². The van der Waals surface area contributed by atoms with E-state index in [2.05, 4.69) is 16.0 Å². The van der Waals surface area contributed by atoms with Crippen LogP contribution in [0.1, 0.15) is 39.0 Å². The number of nitrogens with one attached hydrogen (secondary N) is 3. The summed E-state index contributed by atoms with van der Waals surface area (Å²) in [6.45, 7) is 2.88. The van der Waals surface area contributed by atoms with Crippen LogP contribution in [0, 0.1) is 5.92 Å². The van der Waals surface area contributed by atoms with E-state index in [9.17, 15) is 19.5 Å². The third kappa shape index (κ3) is 4.92. The standard InChI is InChI=1S/C17H30N4O4/c1-11(18-2)15(22)20-14(12-6-4-3-5-7-12)16(23)21-9-8-19-10-13(21)17(24)25/h11-14,18-19H,3-10H2,1-2H3,(H,20,22)(H,24,25). The second kappa shape index (κ2) is 9.15. The zero-order chi connectivity index (χ0) is 18.4. The summed E-state index contributed by atoms with van der Waals surface area (Å²) in [7, 11) is 1.69. The molecule has 0 spiro atoms. The summed E-state index contributed by atoms with van der Waals surface area (Å²) in [5, 5.41) is 18.2. The Morgan fingerprint density at radius 1 is 1.20 bits per heavy atom. The highest BCUT2D eigenvalue weighted by Crippen LogP contribution is 2.28. The first-order chi connectivity index (χ1) is 12.0. The number of nitrogens with zero attached hydrogens (tertiary/aromatic N) is 1. The van der Waals surface area contributed by atoms with Crippen molar-refractivity contribution < 1.29 is 19.5 Å². The number of carbonyl (C=O) groups is 3. The number of amides is 2. The van der Waals surface area contributed by atoms with Crippen molar-refractivity contribution in [3.8, 4) is 0 Å². The third-order valence-corrected chi connectivity index (χ3v) is 5.32. The lowest BCUT2D eigenvalue weighted by Gasteiger charge is -2.39. The summed E-state index contributed by atoms with van der Waals surface area (Å²) in [6, 6.07) is -1.94. The van der Waals surface area contributed by atoms with E-state index in [1.165, 1.54) is 4.90 Å². The number of carboxylic acid groups (broad SMARTS) is 1. The average Bonchev–Trinajstić information content (AvgIpc) is 2.65. The number of piperazine rings is 1. The molecule has 3 unspecified atom stereocenters. The van der Waals surface area contributed by atoms with Gasteiger partial charge in [-0.2, -0.15) is 0 Å². The molecular formula is C17H30N4O4. The van der Waals surface area contributed by atoms with Crippen LogP contribution in [-0.2, 0) is 14.4 Å². The van der Waals surface area contributed by atoms with Gasteiger partial charge in [0.15, 0.2) is 0 Å². The zero-order valence-electron chi connectivity index (χ0n) is 15.1. The van der Waals surface area contributed by atoms with Gasteiger partial charge in [-0.3, -0.25) is 9.59 Å². The van der Waals surface area contributed by atoms with Crippen LogP contribution in [0.3, 0.4) is 0 Å². The zero-order valence-corrected chi connectivity index (χ0v) is 15.1. The summed E-state index contributed by atoms with van der Waals surface area (Å²) in [5.41, 5.74) is 0. The van der Waals surface area contributed by atoms with E-state index >= 15 is 0 Å². The minimum atomic E-state index is -1.02. The maximum Gasteiger partial charge on any atom is 0.327 e. The van der Waals surface area contributed by atoms with E-state index in [1.807, 2.05) is 0 Å². The number of aliphatic carboxylic acids is 1. The number of hydrogen-bond donors (Lipinski definition) is 4. The summed E-state index contributed by atoms with van der Waals surface area (Å²) in [4.78, 5) is 38.4. The average molecular weight is 354 g/mol. The maximum atomic E-state index is 13.2. The van der Waals surface area contributed by atoms with Gasteiger partial charge >= 0.3 is 5.97 Å². The Morgan fingerprint density at radius 3 is 2.48 bits per heavy atom. The predicted molar refractivity (Wildman–Crippen MR) is 93.0 cm³/mol. The molecule has 8 nitrogen and oxygen atoms in total. The molecule has 1 saturated heterocycles. The van der Waals surface area contributed by atoms with Crippen molar-refractivity contribution in [2.24, 2.45) is 5.92 Å². The summed E-state index contributed by atoms with van der Waals surface area (Å²) in [5.74, 6) is -1.44. The fourth-order valence-electron chi connectivity index (χ4n) is 3.63. The first-order valence-corrected chi connectivity index (χ1v) is 9.17. The molecule has 0 aromatic rings. The Labute approximate surface area is 148 Å². The minimum absolute atomic E-state index is 0.0681. The van der Waals surface area contributed by atoms with Crippen molar-refractivity contribution in [3.05, 3.63) is 0 Å². The lowest BCUT2D eigenvalue weighted by atomic mass is 9.83. The number of likely N-dealkylation sites (N-methyl/N-ethyl adjacent to an activating group) is 1. The maximum absolute atomic E-state index is 13.2. The van der Waals surface area contributed by atoms with Gasteiger partial charge < -0.3 is 26.0 Å². The van der Waals surface area contributed by atoms with E-state index in [4.69, 9.17) is 0 Å². The summed E-state index contributed by atoms with van der Waals surface area (Å²) in [6.07, 6.45) is 4.98. The molecule has 2 fully saturated rings. The largest absolute Gasteiger partial charge is 0.480 e. The second-order valence-electron chi connectivity index (χ2n) is 6.98. The lowest BCUT2D eigenvalue weighted by molar-refractivity contribution is -0.153. The molecule has 2 rings (SSSR count). The molecule has 2 amide bonds. The normalized spacial score (nSPS) is 24.4. The van der Waals surface area contributed by atoms with Gasteiger partial charge in [-0.05, 0) is 32.7 Å². The molecule has 4 N–H and O–H groups in total. The molecule has 1 saturated carbocycles. The SMILES string of the molecule is CNC(C)C(=O)NC(C(=O)N1CCNCC1C(=O)O)C1CCCCC1. The fourth-order valence-corrected chi connectivity index (χ4v) is 3.63. The molecule has 0 aromatic carbocycles. The van der Waals surface area contributed by atoms with Gasteiger partial charge in [-0.25, -0.2) is 4.79 Å². The fraction of sp³-hybridized carbons (Fsp3) is 0.824. The number of hydrogen-bond acceptors (Lipinski definition) is 5. The lowest BCUT2D eigenvalue weighted by Crippen LogP contribution is -2.63. The van der Waals surface area contributed by atoms with Gasteiger partial charge in [0.25, 0.3) is 0 Å². The van der Waals surface area contributed by atoms with E-state index in [-0.39, 0.29) is 24.3 Å². The minimum Gasteiger partial charge on any atom is -0.480 e. The summed E-state index contributed by atoms with van der Waals surface area (Å²) < 4.78 is 0. The number of carbonyl (C=O) groups excluding carboxylic acids is 2. The highest BCUT2D eigenvalue weighted by atomic mass is 16.4. The number of carboxylic acids is 1. The van der Waals surface area contributed by atoms with Crippen LogP contribution in [0.4, 0.5) is 0 Å². The molecule has 1 aliphatic carbocycles. The van der Waals surface area contributed by atoms with Crippen molar-refractivity contribution in [1.82, 2.24) is 20.9 Å². The van der Waals surface area contributed by atoms with Crippen LogP contribution in [0.5, 0.6) is 0 Å². The van der Waals surface area contributed by atoms with Gasteiger partial charge in [-0.1, -0.05) is 19.3 Å². The molecule has 0 aromatic heterocycles. The molecule has 142 valence electrons. The van der Waals surface area contributed by atoms with Gasteiger partial charge in [0.05, 0.1) is 6.04 Å². The van der Waals surface area contributed by atoms with Crippen LogP contribution in [-0.4, -0.2) is 72.6 Å². The van der Waals surface area contributed by atoms with Crippen molar-refractivity contribution in [1.29, 1.82) is 0 Å². The Bertz CT molecular complexity index is 493. The van der Waals surface area contributed by atoms with Crippen LogP contribution in [0.2, 0.25) is 0 Å². The summed E-state index contributed by atoms with van der Waals surface area (Å²) >= 11 is 0. The highest BCUT2D eigenvalue weighted by Gasteiger charge is 2.39. The molecule has 8 heteroatoms. The monoisotopic (exact) mass is 354 g/mol. The predicted octanol–water partition coefficient (Wildman–Crippen LogP) is -0.456. The van der Waals surface area contributed by atoms with E-state index in [0.717, 1.165) is 32.1 Å². The van der Waals surface area contributed by atoms with E-state index in [1.54, 1.807) is 14.0 Å². The smallest absolute Gasteiger partial charge is 0.327 e. The Hall–Kier alpha value is -1.67. The Morgan fingerprint density at radius 2 is 1.88 bits per heavy atom.